The van der Waals surface area contributed by atoms with E-state index in [0.29, 0.717) is 0 Å². The molecule has 5 aromatic rings. The quantitative estimate of drug-likeness (QED) is 0.245. The minimum atomic E-state index is -3.19. The molecule has 180 valence electrons. The summed E-state index contributed by atoms with van der Waals surface area (Å²) < 4.78 is 15.6. The van der Waals surface area contributed by atoms with Crippen molar-refractivity contribution in [3.63, 3.8) is 0 Å². The number of nitrogens with one attached hydrogen (secondary N) is 1. The van der Waals surface area contributed by atoms with E-state index in [9.17, 15) is 0 Å². The summed E-state index contributed by atoms with van der Waals surface area (Å²) in [5.74, 6) is -0.442. The first-order valence-electron chi connectivity index (χ1n) is 12.6. The molecule has 0 saturated carbocycles. The summed E-state index contributed by atoms with van der Waals surface area (Å²) >= 11 is 0. The first kappa shape index (κ1) is 23.4. The van der Waals surface area contributed by atoms with Gasteiger partial charge in [0.1, 0.15) is 0 Å². The molecule has 0 aromatic heterocycles. The van der Waals surface area contributed by atoms with E-state index in [1.807, 2.05) is 78.9 Å². The highest BCUT2D eigenvalue weighted by atomic mass is 31.2. The number of rotatable bonds is 6. The van der Waals surface area contributed by atoms with Crippen LogP contribution in [0.2, 0.25) is 0 Å². The van der Waals surface area contributed by atoms with Crippen molar-refractivity contribution in [2.24, 2.45) is 0 Å². The van der Waals surface area contributed by atoms with Crippen LogP contribution in [0.25, 0.3) is 12.2 Å². The lowest BCUT2D eigenvalue weighted by molar-refractivity contribution is 0.537. The summed E-state index contributed by atoms with van der Waals surface area (Å²) in [4.78, 5) is 0. The summed E-state index contributed by atoms with van der Waals surface area (Å²) in [6, 6.07) is 47.0. The Bertz CT molecular complexity index is 1490. The normalized spacial score (nSPS) is 13.8. The average molecular weight is 498 g/mol. The van der Waals surface area contributed by atoms with Gasteiger partial charge in [0.15, 0.2) is 7.14 Å². The van der Waals surface area contributed by atoms with Crippen LogP contribution in [0.3, 0.4) is 0 Å². The molecule has 0 radical (unpaired) electrons. The van der Waals surface area contributed by atoms with Gasteiger partial charge in [0.2, 0.25) is 0 Å². The fourth-order valence-electron chi connectivity index (χ4n) is 5.33. The molecule has 0 amide bonds. The molecule has 1 aliphatic rings. The van der Waals surface area contributed by atoms with Gasteiger partial charge >= 0.3 is 0 Å². The van der Waals surface area contributed by atoms with E-state index in [-0.39, 0.29) is 6.04 Å². The Labute approximate surface area is 218 Å². The zero-order valence-corrected chi connectivity index (χ0v) is 21.3. The van der Waals surface area contributed by atoms with Gasteiger partial charge in [-0.3, -0.25) is 5.32 Å². The van der Waals surface area contributed by atoms with Crippen LogP contribution in [-0.4, -0.2) is 0 Å². The summed E-state index contributed by atoms with van der Waals surface area (Å²) in [7, 11) is -3.19. The van der Waals surface area contributed by atoms with Crippen molar-refractivity contribution in [1.29, 1.82) is 0 Å². The van der Waals surface area contributed by atoms with E-state index in [4.69, 9.17) is 0 Å². The molecule has 0 fully saturated rings. The van der Waals surface area contributed by atoms with E-state index < -0.39 is 12.9 Å². The summed E-state index contributed by atoms with van der Waals surface area (Å²) in [5, 5.41) is 5.65. The molecule has 0 heterocycles. The van der Waals surface area contributed by atoms with E-state index in [0.717, 1.165) is 27.3 Å². The largest absolute Gasteiger partial charge is 0.312 e. The summed E-state index contributed by atoms with van der Waals surface area (Å²) in [5.41, 5.74) is 5.69. The van der Waals surface area contributed by atoms with Crippen molar-refractivity contribution in [3.8, 4) is 0 Å². The molecule has 3 heteroatoms. The maximum atomic E-state index is 15.6. The van der Waals surface area contributed by atoms with Gasteiger partial charge in [-0.2, -0.15) is 0 Å². The lowest BCUT2D eigenvalue weighted by atomic mass is 9.94. The van der Waals surface area contributed by atoms with E-state index in [2.05, 4.69) is 78.1 Å². The summed E-state index contributed by atoms with van der Waals surface area (Å²) in [6.45, 7) is 0. The van der Waals surface area contributed by atoms with Crippen LogP contribution in [0.5, 0.6) is 0 Å². The Morgan fingerprint density at radius 2 is 0.919 bits per heavy atom. The fraction of sp³-hybridized carbons (Fsp3) is 0.0588. The van der Waals surface area contributed by atoms with Crippen molar-refractivity contribution < 1.29 is 4.57 Å². The SMILES string of the molecule is O=P(c1ccccc1)(c1ccccc1)[C@H](NC1c2ccccc2C=Cc2ccccc21)c1ccccc1. The zero-order valence-electron chi connectivity index (χ0n) is 20.4. The van der Waals surface area contributed by atoms with Crippen molar-refractivity contribution in [2.75, 3.05) is 0 Å². The lowest BCUT2D eigenvalue weighted by Gasteiger charge is -2.34. The summed E-state index contributed by atoms with van der Waals surface area (Å²) in [6.07, 6.45) is 4.36. The Morgan fingerprint density at radius 3 is 1.41 bits per heavy atom. The molecule has 0 saturated heterocycles. The molecular weight excluding hydrogens is 469 g/mol. The van der Waals surface area contributed by atoms with Gasteiger partial charge < -0.3 is 4.57 Å². The minimum absolute atomic E-state index is 0.145. The third-order valence-electron chi connectivity index (χ3n) is 7.14. The van der Waals surface area contributed by atoms with Crippen molar-refractivity contribution in [3.05, 3.63) is 167 Å². The van der Waals surface area contributed by atoms with Gasteiger partial charge in [-0.05, 0) is 27.8 Å². The highest BCUT2D eigenvalue weighted by molar-refractivity contribution is 7.79. The van der Waals surface area contributed by atoms with Gasteiger partial charge in [0.25, 0.3) is 0 Å². The van der Waals surface area contributed by atoms with Crippen molar-refractivity contribution in [2.45, 2.75) is 11.8 Å². The minimum Gasteiger partial charge on any atom is -0.312 e. The molecular formula is C34H28NOP. The second-order valence-corrected chi connectivity index (χ2v) is 12.2. The first-order chi connectivity index (χ1) is 18.2. The Kier molecular flexibility index (Phi) is 6.45. The van der Waals surface area contributed by atoms with Crippen LogP contribution in [0.15, 0.2) is 140 Å². The van der Waals surface area contributed by atoms with Gasteiger partial charge in [-0.25, -0.2) is 0 Å². The highest BCUT2D eigenvalue weighted by Gasteiger charge is 2.40. The first-order valence-corrected chi connectivity index (χ1v) is 14.4. The number of hydrogen-bond donors (Lipinski definition) is 1. The lowest BCUT2D eigenvalue weighted by Crippen LogP contribution is -2.34. The van der Waals surface area contributed by atoms with E-state index >= 15 is 4.57 Å². The monoisotopic (exact) mass is 497 g/mol. The Morgan fingerprint density at radius 1 is 0.514 bits per heavy atom. The molecule has 6 rings (SSSR count). The molecule has 37 heavy (non-hydrogen) atoms. The maximum absolute atomic E-state index is 15.6. The molecule has 0 spiro atoms. The van der Waals surface area contributed by atoms with Crippen molar-refractivity contribution >= 4 is 29.9 Å². The van der Waals surface area contributed by atoms with Crippen LogP contribution in [0.4, 0.5) is 0 Å². The number of fused-ring (bicyclic) bond motifs is 2. The van der Waals surface area contributed by atoms with Gasteiger partial charge in [0.05, 0.1) is 11.8 Å². The van der Waals surface area contributed by atoms with Crippen molar-refractivity contribution in [1.82, 2.24) is 5.32 Å². The zero-order chi connectivity index (χ0) is 25.1. The molecule has 0 unspecified atom stereocenters. The highest BCUT2D eigenvalue weighted by Crippen LogP contribution is 2.57. The molecule has 2 nitrogen and oxygen atoms in total. The second kappa shape index (κ2) is 10.2. The molecule has 5 aromatic carbocycles. The molecule has 0 aliphatic heterocycles. The number of hydrogen-bond acceptors (Lipinski definition) is 2. The predicted molar refractivity (Wildman–Crippen MR) is 156 cm³/mol. The van der Waals surface area contributed by atoms with E-state index in [1.54, 1.807) is 0 Å². The Hall–Kier alpha value is -3.97. The predicted octanol–water partition coefficient (Wildman–Crippen LogP) is 7.56. The third-order valence-corrected chi connectivity index (χ3v) is 10.4. The van der Waals surface area contributed by atoms with Gasteiger partial charge in [-0.15, -0.1) is 0 Å². The topological polar surface area (TPSA) is 29.1 Å². The average Bonchev–Trinajstić information content (AvgIpc) is 3.14. The van der Waals surface area contributed by atoms with Crippen LogP contribution in [0.1, 0.15) is 39.6 Å². The number of benzene rings is 5. The van der Waals surface area contributed by atoms with Gasteiger partial charge in [-0.1, -0.05) is 152 Å². The molecule has 1 atom stereocenters. The second-order valence-electron chi connectivity index (χ2n) is 9.33. The fourth-order valence-corrected chi connectivity index (χ4v) is 8.40. The van der Waals surface area contributed by atoms with Gasteiger partial charge in [0, 0.05) is 10.6 Å². The van der Waals surface area contributed by atoms with E-state index in [1.165, 1.54) is 11.1 Å². The van der Waals surface area contributed by atoms with Crippen LogP contribution in [0, 0.1) is 0 Å². The Balaban J connectivity index is 1.59. The standard InChI is InChI=1S/C34H28NOP/c36-37(29-18-6-2-7-19-29,30-20-8-3-9-21-30)34(28-16-4-1-5-17-28)35-33-31-22-12-10-14-26(31)24-25-27-15-11-13-23-32(27)33/h1-25,33-35H/t34-/m0/s1. The van der Waals surface area contributed by atoms with Crippen LogP contribution < -0.4 is 15.9 Å². The maximum Gasteiger partial charge on any atom is 0.163 e. The molecule has 0 bridgehead atoms. The van der Waals surface area contributed by atoms with Crippen LogP contribution >= 0.6 is 7.14 Å². The molecule has 1 N–H and O–H groups in total. The molecule has 1 aliphatic carbocycles. The van der Waals surface area contributed by atoms with Crippen LogP contribution in [-0.2, 0) is 4.57 Å². The smallest absolute Gasteiger partial charge is 0.163 e. The third kappa shape index (κ3) is 4.40.